The molecule has 0 radical (unpaired) electrons. The maximum Gasteiger partial charge on any atom is 0.323 e. The molecular weight excluding hydrogens is 262 g/mol. The molecule has 4 N–H and O–H groups in total. The number of hydrogen-bond acceptors (Lipinski definition) is 2. The first kappa shape index (κ1) is 13.6. The Morgan fingerprint density at radius 3 is 2.38 bits per heavy atom. The van der Waals surface area contributed by atoms with Gasteiger partial charge in [-0.1, -0.05) is 50.2 Å². The van der Waals surface area contributed by atoms with Crippen LogP contribution in [0.2, 0.25) is 0 Å². The molecule has 0 saturated heterocycles. The van der Waals surface area contributed by atoms with Crippen LogP contribution in [0.4, 0.5) is 0 Å². The minimum absolute atomic E-state index is 0.164. The van der Waals surface area contributed by atoms with Gasteiger partial charge >= 0.3 is 5.69 Å². The van der Waals surface area contributed by atoms with Crippen LogP contribution in [0.15, 0.2) is 53.3 Å². The summed E-state index contributed by atoms with van der Waals surface area (Å²) in [7, 11) is 0. The highest BCUT2D eigenvalue weighted by atomic mass is 16.1. The fraction of sp³-hybridized carbons (Fsp3) is 0.235. The van der Waals surface area contributed by atoms with Crippen LogP contribution in [0.25, 0.3) is 11.0 Å². The van der Waals surface area contributed by atoms with Crippen molar-refractivity contribution in [1.29, 1.82) is 0 Å². The summed E-state index contributed by atoms with van der Waals surface area (Å²) < 4.78 is 0. The summed E-state index contributed by atoms with van der Waals surface area (Å²) in [5.41, 5.74) is 9.89. The molecule has 0 aliphatic heterocycles. The fourth-order valence-electron chi connectivity index (χ4n) is 2.71. The number of nitrogens with two attached hydrogens (primary N) is 1. The molecule has 4 heteroatoms. The van der Waals surface area contributed by atoms with E-state index in [1.165, 1.54) is 5.56 Å². The molecule has 0 saturated carbocycles. The number of H-pyrrole nitrogens is 2. The van der Waals surface area contributed by atoms with E-state index in [4.69, 9.17) is 5.73 Å². The number of aromatic amines is 2. The van der Waals surface area contributed by atoms with E-state index in [0.29, 0.717) is 0 Å². The van der Waals surface area contributed by atoms with Crippen molar-refractivity contribution in [2.24, 2.45) is 5.73 Å². The molecular formula is C17H19N3O. The predicted molar refractivity (Wildman–Crippen MR) is 85.3 cm³/mol. The molecule has 0 amide bonds. The average molecular weight is 281 g/mol. The lowest BCUT2D eigenvalue weighted by molar-refractivity contribution is 0.421. The van der Waals surface area contributed by atoms with Gasteiger partial charge in [0.15, 0.2) is 0 Å². The van der Waals surface area contributed by atoms with E-state index in [0.717, 1.165) is 16.6 Å². The Morgan fingerprint density at radius 1 is 1.00 bits per heavy atom. The van der Waals surface area contributed by atoms with Crippen molar-refractivity contribution >= 4 is 11.0 Å². The van der Waals surface area contributed by atoms with E-state index in [1.807, 2.05) is 36.4 Å². The van der Waals surface area contributed by atoms with Gasteiger partial charge in [-0.2, -0.15) is 0 Å². The van der Waals surface area contributed by atoms with Gasteiger partial charge in [0.25, 0.3) is 0 Å². The van der Waals surface area contributed by atoms with Crippen molar-refractivity contribution < 1.29 is 0 Å². The second-order valence-electron chi connectivity index (χ2n) is 5.95. The highest BCUT2D eigenvalue weighted by molar-refractivity contribution is 5.75. The maximum atomic E-state index is 11.3. The van der Waals surface area contributed by atoms with Crippen LogP contribution in [-0.4, -0.2) is 9.97 Å². The van der Waals surface area contributed by atoms with Gasteiger partial charge in [0.1, 0.15) is 0 Å². The molecule has 0 fully saturated rings. The van der Waals surface area contributed by atoms with Gasteiger partial charge in [-0.25, -0.2) is 4.79 Å². The molecule has 0 bridgehead atoms. The summed E-state index contributed by atoms with van der Waals surface area (Å²) in [6, 6.07) is 15.9. The molecule has 0 aliphatic rings. The molecule has 1 atom stereocenters. The molecule has 21 heavy (non-hydrogen) atoms. The molecule has 0 aliphatic carbocycles. The lowest BCUT2D eigenvalue weighted by Crippen LogP contribution is -2.33. The molecule has 1 aromatic heterocycles. The van der Waals surface area contributed by atoms with Crippen LogP contribution in [0.5, 0.6) is 0 Å². The molecule has 3 aromatic rings. The lowest BCUT2D eigenvalue weighted by atomic mass is 9.75. The predicted octanol–water partition coefficient (Wildman–Crippen LogP) is 2.83. The third-order valence-electron chi connectivity index (χ3n) is 4.19. The van der Waals surface area contributed by atoms with Gasteiger partial charge in [-0.3, -0.25) is 0 Å². The minimum atomic E-state index is -0.203. The quantitative estimate of drug-likeness (QED) is 0.690. The number of fused-ring (bicyclic) bond motifs is 1. The van der Waals surface area contributed by atoms with Crippen molar-refractivity contribution in [2.75, 3.05) is 0 Å². The normalized spacial score (nSPS) is 13.5. The minimum Gasteiger partial charge on any atom is -0.323 e. The van der Waals surface area contributed by atoms with Gasteiger partial charge in [0.05, 0.1) is 11.0 Å². The molecule has 1 heterocycles. The first-order valence-electron chi connectivity index (χ1n) is 7.01. The number of rotatable bonds is 3. The molecule has 0 spiro atoms. The van der Waals surface area contributed by atoms with E-state index in [-0.39, 0.29) is 17.1 Å². The van der Waals surface area contributed by atoms with Crippen LogP contribution in [0, 0.1) is 0 Å². The molecule has 108 valence electrons. The smallest absolute Gasteiger partial charge is 0.323 e. The Bertz CT molecular complexity index is 815. The average Bonchev–Trinajstić information content (AvgIpc) is 2.86. The van der Waals surface area contributed by atoms with E-state index in [1.54, 1.807) is 0 Å². The standard InChI is InChI=1S/C17H19N3O/c1-17(2,12-6-4-3-5-7-12)15(18)11-8-9-13-14(10-11)20-16(21)19-13/h3-10,15H,18H2,1-2H3,(H2,19,20,21). The summed E-state index contributed by atoms with van der Waals surface area (Å²) in [6.45, 7) is 4.27. The van der Waals surface area contributed by atoms with Crippen LogP contribution >= 0.6 is 0 Å². The zero-order valence-electron chi connectivity index (χ0n) is 12.2. The maximum absolute atomic E-state index is 11.3. The lowest BCUT2D eigenvalue weighted by Gasteiger charge is -2.32. The van der Waals surface area contributed by atoms with E-state index in [2.05, 4.69) is 35.9 Å². The number of imidazole rings is 1. The van der Waals surface area contributed by atoms with Gasteiger partial charge in [-0.15, -0.1) is 0 Å². The number of hydrogen-bond donors (Lipinski definition) is 3. The first-order valence-corrected chi connectivity index (χ1v) is 7.01. The topological polar surface area (TPSA) is 74.7 Å². The Hall–Kier alpha value is -2.33. The van der Waals surface area contributed by atoms with Gasteiger partial charge in [0.2, 0.25) is 0 Å². The monoisotopic (exact) mass is 281 g/mol. The Labute approximate surface area is 123 Å². The van der Waals surface area contributed by atoms with Crippen molar-refractivity contribution in [2.45, 2.75) is 25.3 Å². The summed E-state index contributed by atoms with van der Waals surface area (Å²) >= 11 is 0. The SMILES string of the molecule is CC(C)(c1ccccc1)C(N)c1ccc2[nH]c(=O)[nH]c2c1. The van der Waals surface area contributed by atoms with E-state index >= 15 is 0 Å². The van der Waals surface area contributed by atoms with Crippen molar-refractivity contribution in [3.8, 4) is 0 Å². The largest absolute Gasteiger partial charge is 0.323 e. The zero-order chi connectivity index (χ0) is 15.0. The summed E-state index contributed by atoms with van der Waals surface area (Å²) in [5.74, 6) is 0. The van der Waals surface area contributed by atoms with Crippen LogP contribution in [-0.2, 0) is 5.41 Å². The van der Waals surface area contributed by atoms with Crippen LogP contribution in [0.3, 0.4) is 0 Å². The van der Waals surface area contributed by atoms with Gasteiger partial charge in [-0.05, 0) is 23.3 Å². The van der Waals surface area contributed by atoms with Gasteiger partial charge < -0.3 is 15.7 Å². The highest BCUT2D eigenvalue weighted by Crippen LogP contribution is 2.35. The summed E-state index contributed by atoms with van der Waals surface area (Å²) in [5, 5.41) is 0. The molecule has 2 aromatic carbocycles. The number of benzene rings is 2. The Balaban J connectivity index is 2.02. The summed E-state index contributed by atoms with van der Waals surface area (Å²) in [4.78, 5) is 16.9. The molecule has 3 rings (SSSR count). The van der Waals surface area contributed by atoms with Crippen LogP contribution < -0.4 is 11.4 Å². The third-order valence-corrected chi connectivity index (χ3v) is 4.19. The summed E-state index contributed by atoms with van der Waals surface area (Å²) in [6.07, 6.45) is 0. The Kier molecular flexibility index (Phi) is 3.18. The molecule has 4 nitrogen and oxygen atoms in total. The molecule has 1 unspecified atom stereocenters. The van der Waals surface area contributed by atoms with Crippen molar-refractivity contribution in [1.82, 2.24) is 9.97 Å². The van der Waals surface area contributed by atoms with Crippen molar-refractivity contribution in [3.63, 3.8) is 0 Å². The zero-order valence-corrected chi connectivity index (χ0v) is 12.2. The first-order chi connectivity index (χ1) is 9.98. The number of nitrogens with one attached hydrogen (secondary N) is 2. The van der Waals surface area contributed by atoms with E-state index in [9.17, 15) is 4.79 Å². The Morgan fingerprint density at radius 2 is 1.67 bits per heavy atom. The van der Waals surface area contributed by atoms with Gasteiger partial charge in [0, 0.05) is 11.5 Å². The number of aromatic nitrogens is 2. The van der Waals surface area contributed by atoms with E-state index < -0.39 is 0 Å². The fourth-order valence-corrected chi connectivity index (χ4v) is 2.71. The third kappa shape index (κ3) is 2.38. The van der Waals surface area contributed by atoms with Crippen LogP contribution in [0.1, 0.15) is 31.0 Å². The second kappa shape index (κ2) is 4.90. The van der Waals surface area contributed by atoms with Crippen molar-refractivity contribution in [3.05, 3.63) is 70.1 Å². The highest BCUT2D eigenvalue weighted by Gasteiger charge is 2.29. The second-order valence-corrected chi connectivity index (χ2v) is 5.95.